The number of rotatable bonds is 6. The molecule has 2 N–H and O–H groups in total. The topological polar surface area (TPSA) is 67.9 Å². The monoisotopic (exact) mass is 433 g/mol. The fourth-order valence-corrected chi connectivity index (χ4v) is 3.42. The van der Waals surface area contributed by atoms with Crippen LogP contribution in [0.4, 0.5) is 5.69 Å². The summed E-state index contributed by atoms with van der Waals surface area (Å²) >= 11 is 5.44. The van der Waals surface area contributed by atoms with Gasteiger partial charge in [0.25, 0.3) is 0 Å². The van der Waals surface area contributed by atoms with Gasteiger partial charge in [-0.15, -0.1) is 0 Å². The Bertz CT molecular complexity index is 737. The van der Waals surface area contributed by atoms with Gasteiger partial charge in [-0.1, -0.05) is 19.1 Å². The quantitative estimate of drug-likeness (QED) is 0.669. The molecule has 0 saturated carbocycles. The lowest BCUT2D eigenvalue weighted by Gasteiger charge is -2.35. The van der Waals surface area contributed by atoms with Crippen molar-refractivity contribution in [3.8, 4) is 0 Å². The lowest BCUT2D eigenvalue weighted by Crippen LogP contribution is -2.54. The van der Waals surface area contributed by atoms with E-state index in [4.69, 9.17) is 12.2 Å². The van der Waals surface area contributed by atoms with Crippen LogP contribution in [0.5, 0.6) is 0 Å². The standard InChI is InChI=1S/C22H35N5O2S/c1-6-17-7-9-18(10-8-17)23-21(30)25(5)16-20(29)27-13-11-26(12-14-27)15-19(28)24-22(2,3)4/h7-10H,6,11-16H2,1-5H3,(H,23,30)(H,24,28). The van der Waals surface area contributed by atoms with E-state index in [1.165, 1.54) is 5.56 Å². The van der Waals surface area contributed by atoms with Crippen molar-refractivity contribution in [3.05, 3.63) is 29.8 Å². The highest BCUT2D eigenvalue weighted by Crippen LogP contribution is 2.11. The molecule has 8 heteroatoms. The zero-order valence-electron chi connectivity index (χ0n) is 18.8. The maximum Gasteiger partial charge on any atom is 0.242 e. The van der Waals surface area contributed by atoms with Crippen LogP contribution in [0.3, 0.4) is 0 Å². The molecule has 1 fully saturated rings. The van der Waals surface area contributed by atoms with Crippen molar-refractivity contribution in [1.82, 2.24) is 20.0 Å². The van der Waals surface area contributed by atoms with Crippen LogP contribution in [0.15, 0.2) is 24.3 Å². The van der Waals surface area contributed by atoms with Crippen molar-refractivity contribution in [1.29, 1.82) is 0 Å². The predicted molar refractivity (Wildman–Crippen MR) is 126 cm³/mol. The second-order valence-electron chi connectivity index (χ2n) is 8.79. The molecule has 0 bridgehead atoms. The fraction of sp³-hybridized carbons (Fsp3) is 0.591. The highest BCUT2D eigenvalue weighted by atomic mass is 32.1. The fourth-order valence-electron chi connectivity index (χ4n) is 3.23. The second kappa shape index (κ2) is 10.7. The van der Waals surface area contributed by atoms with Crippen LogP contribution in [0.1, 0.15) is 33.3 Å². The van der Waals surface area contributed by atoms with E-state index in [-0.39, 0.29) is 23.9 Å². The SMILES string of the molecule is CCc1ccc(NC(=S)N(C)CC(=O)N2CCN(CC(=O)NC(C)(C)C)CC2)cc1. The molecule has 1 aromatic carbocycles. The minimum absolute atomic E-state index is 0.0189. The summed E-state index contributed by atoms with van der Waals surface area (Å²) < 4.78 is 0. The van der Waals surface area contributed by atoms with Gasteiger partial charge in [-0.25, -0.2) is 0 Å². The molecule has 0 atom stereocenters. The van der Waals surface area contributed by atoms with E-state index in [0.29, 0.717) is 37.8 Å². The molecule has 166 valence electrons. The van der Waals surface area contributed by atoms with Crippen LogP contribution in [0.2, 0.25) is 0 Å². The highest BCUT2D eigenvalue weighted by molar-refractivity contribution is 7.80. The number of thiocarbonyl (C=S) groups is 1. The first kappa shape index (κ1) is 24.1. The third-order valence-corrected chi connectivity index (χ3v) is 5.35. The Labute approximate surface area is 185 Å². The number of hydrogen-bond acceptors (Lipinski definition) is 4. The molecular weight excluding hydrogens is 398 g/mol. The molecular formula is C22H35N5O2S. The summed E-state index contributed by atoms with van der Waals surface area (Å²) in [6, 6.07) is 8.13. The van der Waals surface area contributed by atoms with Gasteiger partial charge in [0.15, 0.2) is 5.11 Å². The number of piperazine rings is 1. The first-order chi connectivity index (χ1) is 14.1. The Balaban J connectivity index is 1.75. The molecule has 7 nitrogen and oxygen atoms in total. The van der Waals surface area contributed by atoms with Gasteiger partial charge in [0.2, 0.25) is 11.8 Å². The molecule has 0 aliphatic carbocycles. The molecule has 1 aliphatic rings. The summed E-state index contributed by atoms with van der Waals surface area (Å²) in [5, 5.41) is 6.68. The maximum absolute atomic E-state index is 12.7. The van der Waals surface area contributed by atoms with Gasteiger partial charge in [-0.3, -0.25) is 14.5 Å². The van der Waals surface area contributed by atoms with Crippen LogP contribution < -0.4 is 10.6 Å². The Morgan fingerprint density at radius 3 is 2.23 bits per heavy atom. The van der Waals surface area contributed by atoms with Crippen LogP contribution in [0.25, 0.3) is 0 Å². The predicted octanol–water partition coefficient (Wildman–Crippen LogP) is 1.94. The molecule has 0 unspecified atom stereocenters. The van der Waals surface area contributed by atoms with Crippen molar-refractivity contribution in [2.45, 2.75) is 39.7 Å². The van der Waals surface area contributed by atoms with Gasteiger partial charge in [0.05, 0.1) is 13.1 Å². The van der Waals surface area contributed by atoms with E-state index < -0.39 is 0 Å². The van der Waals surface area contributed by atoms with Gasteiger partial charge in [0.1, 0.15) is 0 Å². The number of amides is 2. The van der Waals surface area contributed by atoms with Crippen molar-refractivity contribution in [3.63, 3.8) is 0 Å². The first-order valence-electron chi connectivity index (χ1n) is 10.5. The number of likely N-dealkylation sites (N-methyl/N-ethyl adjacent to an activating group) is 1. The maximum atomic E-state index is 12.7. The van der Waals surface area contributed by atoms with E-state index in [1.54, 1.807) is 4.90 Å². The molecule has 1 heterocycles. The van der Waals surface area contributed by atoms with E-state index in [0.717, 1.165) is 12.1 Å². The van der Waals surface area contributed by atoms with Crippen LogP contribution in [0, 0.1) is 0 Å². The van der Waals surface area contributed by atoms with E-state index in [2.05, 4.69) is 34.6 Å². The number of benzene rings is 1. The summed E-state index contributed by atoms with van der Waals surface area (Å²) in [6.45, 7) is 11.2. The number of anilines is 1. The number of carbonyl (C=O) groups excluding carboxylic acids is 2. The summed E-state index contributed by atoms with van der Waals surface area (Å²) in [6.07, 6.45) is 0.994. The van der Waals surface area contributed by atoms with Crippen LogP contribution >= 0.6 is 12.2 Å². The van der Waals surface area contributed by atoms with Gasteiger partial charge in [-0.2, -0.15) is 0 Å². The lowest BCUT2D eigenvalue weighted by atomic mass is 10.1. The van der Waals surface area contributed by atoms with E-state index in [1.807, 2.05) is 44.9 Å². The molecule has 30 heavy (non-hydrogen) atoms. The molecule has 2 amide bonds. The Morgan fingerprint density at radius 1 is 1.10 bits per heavy atom. The second-order valence-corrected chi connectivity index (χ2v) is 9.18. The van der Waals surface area contributed by atoms with Gasteiger partial charge in [0, 0.05) is 44.5 Å². The van der Waals surface area contributed by atoms with Crippen LogP contribution in [-0.2, 0) is 16.0 Å². The van der Waals surface area contributed by atoms with Crippen molar-refractivity contribution < 1.29 is 9.59 Å². The summed E-state index contributed by atoms with van der Waals surface area (Å²) in [5.74, 6) is 0.0622. The molecule has 2 rings (SSSR count). The van der Waals surface area contributed by atoms with E-state index in [9.17, 15) is 9.59 Å². The van der Waals surface area contributed by atoms with E-state index >= 15 is 0 Å². The zero-order valence-corrected chi connectivity index (χ0v) is 19.6. The van der Waals surface area contributed by atoms with Gasteiger partial charge < -0.3 is 20.4 Å². The van der Waals surface area contributed by atoms with Gasteiger partial charge in [-0.05, 0) is 57.1 Å². The Hall–Kier alpha value is -2.19. The third-order valence-electron chi connectivity index (χ3n) is 4.94. The summed E-state index contributed by atoms with van der Waals surface area (Å²) in [4.78, 5) is 30.4. The summed E-state index contributed by atoms with van der Waals surface area (Å²) in [7, 11) is 1.82. The summed E-state index contributed by atoms with van der Waals surface area (Å²) in [5.41, 5.74) is 1.95. The molecule has 0 aromatic heterocycles. The molecule has 1 aliphatic heterocycles. The number of nitrogens with zero attached hydrogens (tertiary/aromatic N) is 3. The number of carbonyl (C=O) groups is 2. The average molecular weight is 434 g/mol. The minimum atomic E-state index is -0.232. The van der Waals surface area contributed by atoms with Crippen LogP contribution in [-0.4, -0.2) is 83.5 Å². The molecule has 1 aromatic rings. The Morgan fingerprint density at radius 2 is 1.70 bits per heavy atom. The molecule has 0 spiro atoms. The number of aryl methyl sites for hydroxylation is 1. The van der Waals surface area contributed by atoms with Crippen molar-refractivity contribution >= 4 is 34.8 Å². The molecule has 0 radical (unpaired) electrons. The van der Waals surface area contributed by atoms with Crippen molar-refractivity contribution in [2.75, 3.05) is 51.6 Å². The van der Waals surface area contributed by atoms with Gasteiger partial charge >= 0.3 is 0 Å². The zero-order chi connectivity index (χ0) is 22.3. The first-order valence-corrected chi connectivity index (χ1v) is 10.9. The Kier molecular flexibility index (Phi) is 8.61. The minimum Gasteiger partial charge on any atom is -0.350 e. The largest absolute Gasteiger partial charge is 0.350 e. The number of nitrogens with one attached hydrogen (secondary N) is 2. The molecule has 1 saturated heterocycles. The number of hydrogen-bond donors (Lipinski definition) is 2. The normalized spacial score (nSPS) is 14.9. The highest BCUT2D eigenvalue weighted by Gasteiger charge is 2.24. The smallest absolute Gasteiger partial charge is 0.242 e. The van der Waals surface area contributed by atoms with Crippen molar-refractivity contribution in [2.24, 2.45) is 0 Å². The average Bonchev–Trinajstić information content (AvgIpc) is 2.67. The third kappa shape index (κ3) is 7.91. The lowest BCUT2D eigenvalue weighted by molar-refractivity contribution is -0.133.